The highest BCUT2D eigenvalue weighted by atomic mass is 16.3. The molecule has 0 saturated heterocycles. The summed E-state index contributed by atoms with van der Waals surface area (Å²) in [4.78, 5) is 39.0. The summed E-state index contributed by atoms with van der Waals surface area (Å²) in [6.07, 6.45) is 0.674. The molecule has 1 aromatic carbocycles. The second kappa shape index (κ2) is 7.17. The van der Waals surface area contributed by atoms with Crippen LogP contribution in [0.15, 0.2) is 24.3 Å². The normalized spacial score (nSPS) is 13.5. The number of hydrogen-bond donors (Lipinski definition) is 1. The van der Waals surface area contributed by atoms with Crippen LogP contribution in [0.4, 0.5) is 0 Å². The van der Waals surface area contributed by atoms with Gasteiger partial charge in [0.05, 0.1) is 17.7 Å². The molecule has 1 aliphatic heterocycles. The predicted molar refractivity (Wildman–Crippen MR) is 80.4 cm³/mol. The molecule has 0 aromatic heterocycles. The Morgan fingerprint density at radius 2 is 1.77 bits per heavy atom. The van der Waals surface area contributed by atoms with E-state index in [0.717, 1.165) is 0 Å². The number of nitrogens with zero attached hydrogens (tertiary/aromatic N) is 2. The Morgan fingerprint density at radius 3 is 2.27 bits per heavy atom. The quantitative estimate of drug-likeness (QED) is 0.759. The van der Waals surface area contributed by atoms with Gasteiger partial charge in [0.15, 0.2) is 0 Å². The fourth-order valence-electron chi connectivity index (χ4n) is 2.57. The van der Waals surface area contributed by atoms with Crippen LogP contribution in [0.3, 0.4) is 0 Å². The molecule has 0 atom stereocenters. The molecule has 1 N–H and O–H groups in total. The van der Waals surface area contributed by atoms with Gasteiger partial charge in [0, 0.05) is 26.1 Å². The largest absolute Gasteiger partial charge is 0.395 e. The van der Waals surface area contributed by atoms with Gasteiger partial charge < -0.3 is 10.0 Å². The smallest absolute Gasteiger partial charge is 0.261 e. The van der Waals surface area contributed by atoms with Gasteiger partial charge in [-0.3, -0.25) is 19.3 Å². The summed E-state index contributed by atoms with van der Waals surface area (Å²) >= 11 is 0. The number of aliphatic hydroxyl groups excluding tert-OH is 1. The van der Waals surface area contributed by atoms with E-state index >= 15 is 0 Å². The molecule has 0 unspecified atom stereocenters. The van der Waals surface area contributed by atoms with E-state index in [1.807, 2.05) is 6.92 Å². The zero-order valence-electron chi connectivity index (χ0n) is 12.6. The summed E-state index contributed by atoms with van der Waals surface area (Å²) in [6, 6.07) is 6.73. The molecule has 3 amide bonds. The van der Waals surface area contributed by atoms with Crippen LogP contribution in [0.2, 0.25) is 0 Å². The lowest BCUT2D eigenvalue weighted by Gasteiger charge is -2.20. The molecule has 2 rings (SSSR count). The second-order valence-corrected chi connectivity index (χ2v) is 5.11. The summed E-state index contributed by atoms with van der Waals surface area (Å²) in [5.74, 6) is -0.667. The highest BCUT2D eigenvalue weighted by Crippen LogP contribution is 2.22. The molecular weight excluding hydrogens is 284 g/mol. The third kappa shape index (κ3) is 3.17. The van der Waals surface area contributed by atoms with Crippen LogP contribution >= 0.6 is 0 Å². The molecular formula is C16H20N2O4. The number of likely N-dealkylation sites (N-methyl/N-ethyl adjacent to an activating group) is 1. The van der Waals surface area contributed by atoms with Gasteiger partial charge in [0.25, 0.3) is 11.8 Å². The number of imide groups is 1. The van der Waals surface area contributed by atoms with Gasteiger partial charge >= 0.3 is 0 Å². The van der Waals surface area contributed by atoms with E-state index in [9.17, 15) is 14.4 Å². The highest BCUT2D eigenvalue weighted by Gasteiger charge is 2.34. The predicted octanol–water partition coefficient (Wildman–Crippen LogP) is 0.904. The molecule has 0 aliphatic carbocycles. The average Bonchev–Trinajstić information content (AvgIpc) is 2.77. The van der Waals surface area contributed by atoms with Crippen LogP contribution in [0.5, 0.6) is 0 Å². The first-order chi connectivity index (χ1) is 10.6. The zero-order valence-corrected chi connectivity index (χ0v) is 12.6. The Bertz CT molecular complexity index is 550. The lowest BCUT2D eigenvalue weighted by atomic mass is 10.1. The van der Waals surface area contributed by atoms with Crippen molar-refractivity contribution in [2.75, 3.05) is 26.2 Å². The van der Waals surface area contributed by atoms with Crippen molar-refractivity contribution in [2.45, 2.75) is 19.8 Å². The monoisotopic (exact) mass is 304 g/mol. The van der Waals surface area contributed by atoms with Crippen molar-refractivity contribution in [3.8, 4) is 0 Å². The number of fused-ring (bicyclic) bond motifs is 1. The van der Waals surface area contributed by atoms with Crippen molar-refractivity contribution in [2.24, 2.45) is 0 Å². The molecule has 1 aliphatic rings. The molecule has 0 saturated carbocycles. The number of carbonyl (C=O) groups is 3. The molecule has 118 valence electrons. The molecule has 1 heterocycles. The minimum Gasteiger partial charge on any atom is -0.395 e. The SMILES string of the molecule is CCN(CCO)C(=O)CCCN1C(=O)c2ccccc2C1=O. The Hall–Kier alpha value is -2.21. The number of amides is 3. The van der Waals surface area contributed by atoms with Crippen molar-refractivity contribution < 1.29 is 19.5 Å². The van der Waals surface area contributed by atoms with Crippen LogP contribution in [0.25, 0.3) is 0 Å². The van der Waals surface area contributed by atoms with Crippen molar-refractivity contribution in [1.29, 1.82) is 0 Å². The van der Waals surface area contributed by atoms with E-state index in [0.29, 0.717) is 30.6 Å². The van der Waals surface area contributed by atoms with Gasteiger partial charge in [-0.2, -0.15) is 0 Å². The van der Waals surface area contributed by atoms with Crippen molar-refractivity contribution in [3.05, 3.63) is 35.4 Å². The number of rotatable bonds is 7. The van der Waals surface area contributed by atoms with E-state index in [-0.39, 0.29) is 37.3 Å². The van der Waals surface area contributed by atoms with Gasteiger partial charge in [0.1, 0.15) is 0 Å². The first kappa shape index (κ1) is 16.2. The first-order valence-electron chi connectivity index (χ1n) is 7.44. The van der Waals surface area contributed by atoms with E-state index in [4.69, 9.17) is 5.11 Å². The summed E-state index contributed by atoms with van der Waals surface area (Å²) in [5, 5.41) is 8.89. The Labute approximate surface area is 129 Å². The maximum Gasteiger partial charge on any atom is 0.261 e. The molecule has 1 aromatic rings. The van der Waals surface area contributed by atoms with Crippen molar-refractivity contribution >= 4 is 17.7 Å². The van der Waals surface area contributed by atoms with E-state index in [1.54, 1.807) is 29.2 Å². The van der Waals surface area contributed by atoms with Gasteiger partial charge in [-0.1, -0.05) is 12.1 Å². The molecule has 6 heteroatoms. The summed E-state index contributed by atoms with van der Waals surface area (Å²) in [6.45, 7) is 2.85. The van der Waals surface area contributed by atoms with Gasteiger partial charge in [-0.15, -0.1) is 0 Å². The molecule has 0 bridgehead atoms. The minimum atomic E-state index is -0.296. The Kier molecular flexibility index (Phi) is 5.27. The fourth-order valence-corrected chi connectivity index (χ4v) is 2.57. The van der Waals surface area contributed by atoms with Gasteiger partial charge in [-0.25, -0.2) is 0 Å². The fraction of sp³-hybridized carbons (Fsp3) is 0.438. The molecule has 22 heavy (non-hydrogen) atoms. The molecule has 0 fully saturated rings. The number of hydrogen-bond acceptors (Lipinski definition) is 4. The Morgan fingerprint density at radius 1 is 1.18 bits per heavy atom. The minimum absolute atomic E-state index is 0.0714. The summed E-state index contributed by atoms with van der Waals surface area (Å²) in [7, 11) is 0. The van der Waals surface area contributed by atoms with Crippen LogP contribution in [0.1, 0.15) is 40.5 Å². The lowest BCUT2D eigenvalue weighted by Crippen LogP contribution is -2.35. The number of benzene rings is 1. The lowest BCUT2D eigenvalue weighted by molar-refractivity contribution is -0.131. The van der Waals surface area contributed by atoms with E-state index in [2.05, 4.69) is 0 Å². The first-order valence-corrected chi connectivity index (χ1v) is 7.44. The van der Waals surface area contributed by atoms with Crippen molar-refractivity contribution in [3.63, 3.8) is 0 Å². The maximum absolute atomic E-state index is 12.2. The van der Waals surface area contributed by atoms with Crippen LogP contribution in [0, 0.1) is 0 Å². The standard InChI is InChI=1S/C16H20N2O4/c1-2-17(10-11-19)14(20)8-5-9-18-15(21)12-6-3-4-7-13(12)16(18)22/h3-4,6-7,19H,2,5,8-11H2,1H3. The number of aliphatic hydroxyl groups is 1. The van der Waals surface area contributed by atoms with E-state index in [1.165, 1.54) is 4.90 Å². The Balaban J connectivity index is 1.90. The van der Waals surface area contributed by atoms with Gasteiger partial charge in [0.2, 0.25) is 5.91 Å². The third-order valence-corrected chi connectivity index (χ3v) is 3.75. The topological polar surface area (TPSA) is 77.9 Å². The van der Waals surface area contributed by atoms with Crippen LogP contribution in [-0.2, 0) is 4.79 Å². The van der Waals surface area contributed by atoms with Crippen LogP contribution < -0.4 is 0 Å². The zero-order chi connectivity index (χ0) is 16.1. The molecule has 0 spiro atoms. The second-order valence-electron chi connectivity index (χ2n) is 5.11. The van der Waals surface area contributed by atoms with Crippen molar-refractivity contribution in [1.82, 2.24) is 9.80 Å². The summed E-state index contributed by atoms with van der Waals surface area (Å²) < 4.78 is 0. The number of carbonyl (C=O) groups excluding carboxylic acids is 3. The third-order valence-electron chi connectivity index (χ3n) is 3.75. The van der Waals surface area contributed by atoms with Gasteiger partial charge in [-0.05, 0) is 25.5 Å². The molecule has 6 nitrogen and oxygen atoms in total. The molecule has 0 radical (unpaired) electrons. The summed E-state index contributed by atoms with van der Waals surface area (Å²) in [5.41, 5.74) is 0.851. The van der Waals surface area contributed by atoms with E-state index < -0.39 is 0 Å². The highest BCUT2D eigenvalue weighted by molar-refractivity contribution is 6.21. The average molecular weight is 304 g/mol. The van der Waals surface area contributed by atoms with Crippen LogP contribution in [-0.4, -0.2) is 58.9 Å². The maximum atomic E-state index is 12.2.